The van der Waals surface area contributed by atoms with E-state index < -0.39 is 17.4 Å². The molecule has 0 saturated heterocycles. The Morgan fingerprint density at radius 3 is 2.69 bits per heavy atom. The number of ether oxygens (including phenoxy) is 2. The van der Waals surface area contributed by atoms with Crippen molar-refractivity contribution in [3.8, 4) is 11.5 Å². The number of phenols is 1. The molecule has 26 heavy (non-hydrogen) atoms. The number of esters is 1. The van der Waals surface area contributed by atoms with Crippen molar-refractivity contribution in [2.45, 2.75) is 13.5 Å². The molecule has 0 spiro atoms. The highest BCUT2D eigenvalue weighted by atomic mass is 19.1. The first-order chi connectivity index (χ1) is 12.4. The number of rotatable bonds is 4. The molecule has 3 aromatic rings. The molecule has 0 unspecified atom stereocenters. The van der Waals surface area contributed by atoms with Gasteiger partial charge >= 0.3 is 11.6 Å². The van der Waals surface area contributed by atoms with E-state index in [1.165, 1.54) is 31.4 Å². The van der Waals surface area contributed by atoms with E-state index in [-0.39, 0.29) is 29.3 Å². The van der Waals surface area contributed by atoms with Gasteiger partial charge in [0.25, 0.3) is 0 Å². The quantitative estimate of drug-likeness (QED) is 0.569. The monoisotopic (exact) mass is 358 g/mol. The molecule has 0 radical (unpaired) electrons. The van der Waals surface area contributed by atoms with E-state index in [1.54, 1.807) is 13.0 Å². The van der Waals surface area contributed by atoms with Crippen LogP contribution in [-0.2, 0) is 11.3 Å². The van der Waals surface area contributed by atoms with Crippen molar-refractivity contribution in [2.75, 3.05) is 7.11 Å². The Kier molecular flexibility index (Phi) is 4.62. The second kappa shape index (κ2) is 6.87. The van der Waals surface area contributed by atoms with Crippen LogP contribution < -0.4 is 10.4 Å². The Morgan fingerprint density at radius 1 is 1.23 bits per heavy atom. The first-order valence-electron chi connectivity index (χ1n) is 7.66. The molecule has 134 valence electrons. The van der Waals surface area contributed by atoms with Gasteiger partial charge in [-0.1, -0.05) is 0 Å². The van der Waals surface area contributed by atoms with Crippen LogP contribution in [0.25, 0.3) is 11.0 Å². The molecule has 0 fully saturated rings. The number of fused-ring (bicyclic) bond motifs is 1. The van der Waals surface area contributed by atoms with Crippen LogP contribution in [0.5, 0.6) is 11.5 Å². The predicted molar refractivity (Wildman–Crippen MR) is 91.0 cm³/mol. The summed E-state index contributed by atoms with van der Waals surface area (Å²) in [6.07, 6.45) is 0. The third-order valence-corrected chi connectivity index (χ3v) is 3.96. The van der Waals surface area contributed by atoms with Crippen molar-refractivity contribution in [1.82, 2.24) is 0 Å². The Labute approximate surface area is 147 Å². The van der Waals surface area contributed by atoms with Gasteiger partial charge in [0.2, 0.25) is 0 Å². The van der Waals surface area contributed by atoms with E-state index in [2.05, 4.69) is 0 Å². The van der Waals surface area contributed by atoms with E-state index >= 15 is 0 Å². The summed E-state index contributed by atoms with van der Waals surface area (Å²) in [6, 6.07) is 7.95. The second-order valence-corrected chi connectivity index (χ2v) is 5.60. The van der Waals surface area contributed by atoms with Crippen LogP contribution in [-0.4, -0.2) is 18.2 Å². The number of hydrogen-bond acceptors (Lipinski definition) is 6. The minimum Gasteiger partial charge on any atom is -0.508 e. The highest BCUT2D eigenvalue weighted by molar-refractivity contribution is 5.90. The summed E-state index contributed by atoms with van der Waals surface area (Å²) >= 11 is 0. The van der Waals surface area contributed by atoms with Crippen molar-refractivity contribution in [2.24, 2.45) is 0 Å². The highest BCUT2D eigenvalue weighted by Gasteiger charge is 2.15. The summed E-state index contributed by atoms with van der Waals surface area (Å²) in [6.45, 7) is 1.40. The molecule has 0 aliphatic carbocycles. The second-order valence-electron chi connectivity index (χ2n) is 5.60. The molecule has 0 aliphatic heterocycles. The molecule has 3 rings (SSSR count). The number of benzene rings is 2. The lowest BCUT2D eigenvalue weighted by molar-refractivity contribution is 0.0473. The number of halogens is 1. The molecule has 1 heterocycles. The molecule has 0 aliphatic rings. The van der Waals surface area contributed by atoms with Gasteiger partial charge in [0.15, 0.2) is 11.6 Å². The van der Waals surface area contributed by atoms with Gasteiger partial charge in [-0.15, -0.1) is 0 Å². The lowest BCUT2D eigenvalue weighted by Crippen LogP contribution is -2.08. The fraction of sp³-hybridized carbons (Fsp3) is 0.158. The normalized spacial score (nSPS) is 10.7. The number of carbonyl (C=O) groups excluding carboxylic acids is 1. The fourth-order valence-corrected chi connectivity index (χ4v) is 2.56. The van der Waals surface area contributed by atoms with Gasteiger partial charge in [0.1, 0.15) is 17.9 Å². The van der Waals surface area contributed by atoms with Crippen molar-refractivity contribution in [1.29, 1.82) is 0 Å². The van der Waals surface area contributed by atoms with Gasteiger partial charge in [-0.2, -0.15) is 0 Å². The number of phenolic OH excluding ortho intramolecular Hbond substituents is 1. The number of methoxy groups -OCH3 is 1. The van der Waals surface area contributed by atoms with Crippen molar-refractivity contribution in [3.05, 3.63) is 69.3 Å². The van der Waals surface area contributed by atoms with Crippen molar-refractivity contribution >= 4 is 16.9 Å². The fourth-order valence-electron chi connectivity index (χ4n) is 2.56. The van der Waals surface area contributed by atoms with E-state index in [9.17, 15) is 19.1 Å². The van der Waals surface area contributed by atoms with Gasteiger partial charge < -0.3 is 19.0 Å². The third kappa shape index (κ3) is 3.23. The first kappa shape index (κ1) is 17.5. The zero-order valence-electron chi connectivity index (χ0n) is 14.0. The zero-order chi connectivity index (χ0) is 18.8. The predicted octanol–water partition coefficient (Wildman–Crippen LogP) is 3.31. The highest BCUT2D eigenvalue weighted by Crippen LogP contribution is 2.28. The third-order valence-electron chi connectivity index (χ3n) is 3.96. The molecule has 0 saturated carbocycles. The Bertz CT molecular complexity index is 1050. The maximum Gasteiger partial charge on any atom is 0.338 e. The molecule has 7 heteroatoms. The summed E-state index contributed by atoms with van der Waals surface area (Å²) in [4.78, 5) is 23.9. The van der Waals surface area contributed by atoms with Crippen molar-refractivity contribution < 1.29 is 28.2 Å². The van der Waals surface area contributed by atoms with Gasteiger partial charge in [0, 0.05) is 22.6 Å². The largest absolute Gasteiger partial charge is 0.508 e. The lowest BCUT2D eigenvalue weighted by Gasteiger charge is -2.10. The smallest absolute Gasteiger partial charge is 0.338 e. The average molecular weight is 358 g/mol. The molecule has 2 aromatic carbocycles. The zero-order valence-corrected chi connectivity index (χ0v) is 14.0. The lowest BCUT2D eigenvalue weighted by atomic mass is 10.1. The van der Waals surface area contributed by atoms with Gasteiger partial charge in [-0.25, -0.2) is 14.0 Å². The summed E-state index contributed by atoms with van der Waals surface area (Å²) in [5, 5.41) is 10.3. The summed E-state index contributed by atoms with van der Waals surface area (Å²) < 4.78 is 28.8. The molecule has 0 bridgehead atoms. The van der Waals surface area contributed by atoms with Crippen LogP contribution in [0.4, 0.5) is 4.39 Å². The maximum atomic E-state index is 13.7. The van der Waals surface area contributed by atoms with Crippen LogP contribution in [0.3, 0.4) is 0 Å². The van der Waals surface area contributed by atoms with Gasteiger partial charge in [-0.3, -0.25) is 0 Å². The topological polar surface area (TPSA) is 86.0 Å². The molecule has 6 nitrogen and oxygen atoms in total. The molecular weight excluding hydrogens is 343 g/mol. The summed E-state index contributed by atoms with van der Waals surface area (Å²) in [5.41, 5.74) is 0.433. The van der Waals surface area contributed by atoms with Gasteiger partial charge in [0.05, 0.1) is 12.7 Å². The van der Waals surface area contributed by atoms with Crippen LogP contribution in [0.2, 0.25) is 0 Å². The van der Waals surface area contributed by atoms with Gasteiger partial charge in [-0.05, 0) is 37.3 Å². The number of aryl methyl sites for hydroxylation is 1. The first-order valence-corrected chi connectivity index (χ1v) is 7.66. The molecular formula is C19H15FO6. The minimum absolute atomic E-state index is 0.0106. The Hall–Kier alpha value is -3.35. The maximum absolute atomic E-state index is 13.7. The standard InChI is InChI=1S/C19H15FO6/c1-10-15(21)5-4-13-12(8-17(22)26-18(10)13)9-25-19(23)11-3-6-16(24-2)14(20)7-11/h3-8,21H,9H2,1-2H3. The number of hydrogen-bond donors (Lipinski definition) is 1. The van der Waals surface area contributed by atoms with E-state index in [1.807, 2.05) is 0 Å². The SMILES string of the molecule is COc1ccc(C(=O)OCc2cc(=O)oc3c(C)c(O)ccc23)cc1F. The Balaban J connectivity index is 1.88. The molecule has 0 amide bonds. The van der Waals surface area contributed by atoms with E-state index in [0.29, 0.717) is 16.5 Å². The summed E-state index contributed by atoms with van der Waals surface area (Å²) in [5.74, 6) is -1.42. The van der Waals surface area contributed by atoms with Crippen LogP contribution in [0.1, 0.15) is 21.5 Å². The van der Waals surface area contributed by atoms with Crippen molar-refractivity contribution in [3.63, 3.8) is 0 Å². The van der Waals surface area contributed by atoms with Crippen LogP contribution >= 0.6 is 0 Å². The minimum atomic E-state index is -0.747. The number of aromatic hydroxyl groups is 1. The molecule has 1 aromatic heterocycles. The Morgan fingerprint density at radius 2 is 2.00 bits per heavy atom. The molecule has 1 N–H and O–H groups in total. The van der Waals surface area contributed by atoms with E-state index in [4.69, 9.17) is 13.9 Å². The average Bonchev–Trinajstić information content (AvgIpc) is 2.62. The number of carbonyl (C=O) groups is 1. The molecule has 0 atom stereocenters. The van der Waals surface area contributed by atoms with Crippen LogP contribution in [0, 0.1) is 12.7 Å². The summed E-state index contributed by atoms with van der Waals surface area (Å²) in [7, 11) is 1.32. The van der Waals surface area contributed by atoms with Crippen LogP contribution in [0.15, 0.2) is 45.6 Å². The van der Waals surface area contributed by atoms with E-state index in [0.717, 1.165) is 6.07 Å².